The number of benzene rings is 4. The maximum Gasteiger partial charge on any atom is 0.197 e. The summed E-state index contributed by atoms with van der Waals surface area (Å²) in [6.45, 7) is 4.58. The Morgan fingerprint density at radius 2 is 1.32 bits per heavy atom. The number of anilines is 2. The van der Waals surface area contributed by atoms with E-state index in [0.717, 1.165) is 29.2 Å². The molecule has 0 saturated heterocycles. The minimum absolute atomic E-state index is 0.183. The fourth-order valence-corrected chi connectivity index (χ4v) is 6.57. The van der Waals surface area contributed by atoms with Crippen LogP contribution >= 0.6 is 0 Å². The molecule has 37 heavy (non-hydrogen) atoms. The predicted molar refractivity (Wildman–Crippen MR) is 150 cm³/mol. The summed E-state index contributed by atoms with van der Waals surface area (Å²) in [6.07, 6.45) is 6.63. The van der Waals surface area contributed by atoms with Crippen molar-refractivity contribution in [2.75, 3.05) is 11.9 Å². The number of rotatable bonds is 1. The third-order valence-electron chi connectivity index (χ3n) is 8.73. The fourth-order valence-electron chi connectivity index (χ4n) is 6.57. The molecule has 0 radical (unpaired) electrons. The van der Waals surface area contributed by atoms with Gasteiger partial charge in [0.25, 0.3) is 0 Å². The number of Topliss-reactive ketones (excluding diaryl/α,β-unsaturated/α-hetero) is 2. The third kappa shape index (κ3) is 3.20. The smallest absolute Gasteiger partial charge is 0.197 e. The van der Waals surface area contributed by atoms with E-state index < -0.39 is 0 Å². The van der Waals surface area contributed by atoms with E-state index in [9.17, 15) is 9.59 Å². The molecule has 1 heterocycles. The fraction of sp³-hybridized carbons (Fsp3) is 0.235. The van der Waals surface area contributed by atoms with Gasteiger partial charge in [-0.05, 0) is 101 Å². The molecule has 3 aliphatic rings. The van der Waals surface area contributed by atoms with Gasteiger partial charge in [-0.1, -0.05) is 50.2 Å². The molecule has 4 aromatic rings. The van der Waals surface area contributed by atoms with Crippen LogP contribution in [0.3, 0.4) is 0 Å². The average molecular weight is 484 g/mol. The van der Waals surface area contributed by atoms with Gasteiger partial charge >= 0.3 is 0 Å². The summed E-state index contributed by atoms with van der Waals surface area (Å²) in [6, 6.07) is 22.7. The average Bonchev–Trinajstić information content (AvgIpc) is 3.14. The first kappa shape index (κ1) is 22.2. The molecule has 0 spiro atoms. The molecule has 4 aromatic carbocycles. The normalized spacial score (nSPS) is 17.4. The van der Waals surface area contributed by atoms with Crippen LogP contribution in [0, 0.1) is 0 Å². The number of aryl methyl sites for hydroxylation is 2. The molecule has 1 aliphatic heterocycles. The standard InChI is InChI=1S/C34H29NO2/c1-34(2)28-15-20(12-13-30(28)35(3)31-19-24-11-7-6-10-23(24)18-29(31)34)14-27-32(36)25-16-21-8-4-5-9-22(21)17-26(25)33(27)37/h4-5,8-9,12-19H,6-7,10-11H2,1-3H3. The van der Waals surface area contributed by atoms with E-state index in [4.69, 9.17) is 0 Å². The Morgan fingerprint density at radius 1 is 0.730 bits per heavy atom. The van der Waals surface area contributed by atoms with Crippen LogP contribution in [0.25, 0.3) is 16.8 Å². The van der Waals surface area contributed by atoms with Crippen LogP contribution in [0.4, 0.5) is 11.4 Å². The molecule has 0 fully saturated rings. The zero-order valence-corrected chi connectivity index (χ0v) is 21.5. The van der Waals surface area contributed by atoms with Crippen molar-refractivity contribution in [3.05, 3.63) is 111 Å². The van der Waals surface area contributed by atoms with E-state index in [1.165, 1.54) is 46.5 Å². The molecule has 0 saturated carbocycles. The van der Waals surface area contributed by atoms with Gasteiger partial charge in [-0.3, -0.25) is 9.59 Å². The number of carbonyl (C=O) groups excluding carboxylic acids is 2. The molecule has 3 nitrogen and oxygen atoms in total. The van der Waals surface area contributed by atoms with Gasteiger partial charge in [0.15, 0.2) is 11.6 Å². The van der Waals surface area contributed by atoms with E-state index >= 15 is 0 Å². The van der Waals surface area contributed by atoms with Gasteiger partial charge in [0.2, 0.25) is 0 Å². The van der Waals surface area contributed by atoms with Gasteiger partial charge in [-0.25, -0.2) is 0 Å². The van der Waals surface area contributed by atoms with E-state index in [1.807, 2.05) is 42.5 Å². The number of fused-ring (bicyclic) bond motifs is 5. The van der Waals surface area contributed by atoms with E-state index in [1.54, 1.807) is 6.08 Å². The minimum atomic E-state index is -0.192. The Labute approximate surface area is 217 Å². The Bertz CT molecular complexity index is 1650. The molecule has 0 unspecified atom stereocenters. The maximum atomic E-state index is 13.3. The number of hydrogen-bond acceptors (Lipinski definition) is 3. The summed E-state index contributed by atoms with van der Waals surface area (Å²) in [5, 5.41) is 1.95. The summed E-state index contributed by atoms with van der Waals surface area (Å²) in [5.41, 5.74) is 9.96. The lowest BCUT2D eigenvalue weighted by atomic mass is 9.71. The molecule has 0 amide bonds. The van der Waals surface area contributed by atoms with Gasteiger partial charge in [-0.15, -0.1) is 0 Å². The zero-order chi connectivity index (χ0) is 25.5. The van der Waals surface area contributed by atoms with Gasteiger partial charge in [0, 0.05) is 35.0 Å². The van der Waals surface area contributed by atoms with E-state index in [2.05, 4.69) is 50.1 Å². The van der Waals surface area contributed by atoms with Gasteiger partial charge in [0.1, 0.15) is 0 Å². The predicted octanol–water partition coefficient (Wildman–Crippen LogP) is 7.59. The van der Waals surface area contributed by atoms with Crippen molar-refractivity contribution in [1.82, 2.24) is 0 Å². The van der Waals surface area contributed by atoms with Gasteiger partial charge in [-0.2, -0.15) is 0 Å². The van der Waals surface area contributed by atoms with Crippen molar-refractivity contribution in [3.63, 3.8) is 0 Å². The number of nitrogens with zero attached hydrogens (tertiary/aromatic N) is 1. The first-order valence-electron chi connectivity index (χ1n) is 13.2. The van der Waals surface area contributed by atoms with Crippen LogP contribution in [0.5, 0.6) is 0 Å². The number of ketones is 2. The van der Waals surface area contributed by atoms with Crippen LogP contribution in [0.2, 0.25) is 0 Å². The molecule has 3 heteroatoms. The Balaban J connectivity index is 1.32. The number of carbonyl (C=O) groups is 2. The van der Waals surface area contributed by atoms with Crippen molar-refractivity contribution in [1.29, 1.82) is 0 Å². The van der Waals surface area contributed by atoms with Crippen molar-refractivity contribution in [2.45, 2.75) is 44.9 Å². The van der Waals surface area contributed by atoms with Crippen molar-refractivity contribution < 1.29 is 9.59 Å². The highest BCUT2D eigenvalue weighted by Gasteiger charge is 2.37. The van der Waals surface area contributed by atoms with Crippen molar-refractivity contribution in [3.8, 4) is 0 Å². The molecule has 0 bridgehead atoms. The Kier molecular flexibility index (Phi) is 4.66. The summed E-state index contributed by atoms with van der Waals surface area (Å²) in [5.74, 6) is -0.367. The molecule has 2 aliphatic carbocycles. The first-order chi connectivity index (χ1) is 17.8. The summed E-state index contributed by atoms with van der Waals surface area (Å²) in [4.78, 5) is 29.0. The SMILES string of the molecule is CN1c2ccc(C=C3C(=O)c4cc5ccccc5cc4C3=O)cc2C(C)(C)c2cc3c(cc21)CCCC3. The topological polar surface area (TPSA) is 37.4 Å². The molecular formula is C34H29NO2. The second kappa shape index (κ2) is 7.76. The lowest BCUT2D eigenvalue weighted by Gasteiger charge is -2.41. The summed E-state index contributed by atoms with van der Waals surface area (Å²) in [7, 11) is 2.14. The molecule has 7 rings (SSSR count). The molecule has 0 N–H and O–H groups in total. The monoisotopic (exact) mass is 483 g/mol. The van der Waals surface area contributed by atoms with Crippen LogP contribution < -0.4 is 4.90 Å². The Morgan fingerprint density at radius 3 is 1.97 bits per heavy atom. The highest BCUT2D eigenvalue weighted by Crippen LogP contribution is 2.50. The van der Waals surface area contributed by atoms with Crippen molar-refractivity contribution >= 4 is 39.8 Å². The quantitative estimate of drug-likeness (QED) is 0.207. The van der Waals surface area contributed by atoms with Crippen LogP contribution in [-0.4, -0.2) is 18.6 Å². The summed E-state index contributed by atoms with van der Waals surface area (Å²) >= 11 is 0. The van der Waals surface area contributed by atoms with E-state index in [0.29, 0.717) is 11.1 Å². The molecular weight excluding hydrogens is 454 g/mol. The lowest BCUT2D eigenvalue weighted by Crippen LogP contribution is -2.31. The second-order valence-electron chi connectivity index (χ2n) is 11.3. The van der Waals surface area contributed by atoms with E-state index in [-0.39, 0.29) is 22.6 Å². The molecule has 182 valence electrons. The number of hydrogen-bond donors (Lipinski definition) is 0. The molecule has 0 aromatic heterocycles. The molecule has 0 atom stereocenters. The first-order valence-corrected chi connectivity index (χ1v) is 13.2. The zero-order valence-electron chi connectivity index (χ0n) is 21.5. The number of allylic oxidation sites excluding steroid dienone is 1. The maximum absolute atomic E-state index is 13.3. The summed E-state index contributed by atoms with van der Waals surface area (Å²) < 4.78 is 0. The van der Waals surface area contributed by atoms with Gasteiger partial charge in [0.05, 0.1) is 5.57 Å². The Hall–Kier alpha value is -3.98. The minimum Gasteiger partial charge on any atom is -0.344 e. The van der Waals surface area contributed by atoms with Crippen LogP contribution in [0.1, 0.15) is 75.2 Å². The highest BCUT2D eigenvalue weighted by atomic mass is 16.2. The highest BCUT2D eigenvalue weighted by molar-refractivity contribution is 6.42. The van der Waals surface area contributed by atoms with Gasteiger partial charge < -0.3 is 4.90 Å². The third-order valence-corrected chi connectivity index (χ3v) is 8.73. The van der Waals surface area contributed by atoms with Crippen LogP contribution in [-0.2, 0) is 18.3 Å². The van der Waals surface area contributed by atoms with Crippen molar-refractivity contribution in [2.24, 2.45) is 0 Å². The lowest BCUT2D eigenvalue weighted by molar-refractivity contribution is 0.0990. The van der Waals surface area contributed by atoms with Crippen LogP contribution in [0.15, 0.2) is 72.3 Å². The second-order valence-corrected chi connectivity index (χ2v) is 11.3. The largest absolute Gasteiger partial charge is 0.344 e.